The Morgan fingerprint density at radius 3 is 2.12 bits per heavy atom. The Balaban J connectivity index is 0.000000181. The van der Waals surface area contributed by atoms with Crippen molar-refractivity contribution in [2.75, 3.05) is 0 Å². The molecule has 2 aliphatic carbocycles. The van der Waals surface area contributed by atoms with Crippen LogP contribution in [0.25, 0.3) is 0 Å². The van der Waals surface area contributed by atoms with Crippen molar-refractivity contribution >= 4 is 5.78 Å². The van der Waals surface area contributed by atoms with Crippen LogP contribution in [0.5, 0.6) is 0 Å². The largest absolute Gasteiger partial charge is 0.393 e. The summed E-state index contributed by atoms with van der Waals surface area (Å²) < 4.78 is 0. The molecule has 17 heavy (non-hydrogen) atoms. The number of hydrogen-bond acceptors (Lipinski definition) is 2. The molecule has 0 aromatic carbocycles. The van der Waals surface area contributed by atoms with E-state index in [0.29, 0.717) is 6.42 Å². The van der Waals surface area contributed by atoms with Crippen LogP contribution in [-0.4, -0.2) is 17.0 Å². The van der Waals surface area contributed by atoms with Crippen LogP contribution < -0.4 is 0 Å². The molecule has 0 aromatic rings. The topological polar surface area (TPSA) is 37.3 Å². The van der Waals surface area contributed by atoms with Gasteiger partial charge < -0.3 is 5.11 Å². The van der Waals surface area contributed by atoms with Gasteiger partial charge in [-0.3, -0.25) is 4.79 Å². The number of ketones is 1. The summed E-state index contributed by atoms with van der Waals surface area (Å²) in [4.78, 5) is 11.0. The maximum absolute atomic E-state index is 11.0. The van der Waals surface area contributed by atoms with Gasteiger partial charge >= 0.3 is 0 Å². The fourth-order valence-corrected chi connectivity index (χ4v) is 2.75. The second-order valence-electron chi connectivity index (χ2n) is 6.27. The van der Waals surface area contributed by atoms with Gasteiger partial charge in [-0.2, -0.15) is 0 Å². The Morgan fingerprint density at radius 1 is 1.18 bits per heavy atom. The second kappa shape index (κ2) is 6.34. The molecule has 0 unspecified atom stereocenters. The van der Waals surface area contributed by atoms with Crippen LogP contribution in [0.3, 0.4) is 0 Å². The molecule has 0 bridgehead atoms. The van der Waals surface area contributed by atoms with Gasteiger partial charge in [-0.1, -0.05) is 38.7 Å². The van der Waals surface area contributed by atoms with Gasteiger partial charge in [0.1, 0.15) is 0 Å². The highest BCUT2D eigenvalue weighted by atomic mass is 16.3. The number of carbonyl (C=O) groups excluding carboxylic acids is 1. The molecule has 2 rings (SSSR count). The SMILES string of the molecule is CC1=CC(=O)CC(C)(C)C1.OC1CCCCC1. The van der Waals surface area contributed by atoms with Gasteiger partial charge in [-0.25, -0.2) is 0 Å². The summed E-state index contributed by atoms with van der Waals surface area (Å²) in [6.07, 6.45) is 9.47. The van der Waals surface area contributed by atoms with Crippen molar-refractivity contribution in [3.05, 3.63) is 11.6 Å². The zero-order chi connectivity index (χ0) is 12.9. The van der Waals surface area contributed by atoms with E-state index in [0.717, 1.165) is 19.3 Å². The molecule has 1 fully saturated rings. The standard InChI is InChI=1S/C9H14O.C6H12O/c1-7-4-8(10)6-9(2,3)5-7;7-6-4-2-1-3-5-6/h4H,5-6H2,1-3H3;6-7H,1-5H2. The molecule has 1 saturated carbocycles. The normalized spacial score (nSPS) is 24.7. The number of aliphatic hydroxyl groups excluding tert-OH is 1. The number of hydrogen-bond donors (Lipinski definition) is 1. The van der Waals surface area contributed by atoms with E-state index in [-0.39, 0.29) is 17.3 Å². The predicted molar refractivity (Wildman–Crippen MR) is 70.9 cm³/mol. The highest BCUT2D eigenvalue weighted by molar-refractivity contribution is 5.91. The minimum absolute atomic E-state index is 0.0359. The van der Waals surface area contributed by atoms with E-state index < -0.39 is 0 Å². The first-order chi connectivity index (χ1) is 7.89. The lowest BCUT2D eigenvalue weighted by atomic mass is 9.77. The van der Waals surface area contributed by atoms with E-state index >= 15 is 0 Å². The molecule has 2 heteroatoms. The molecule has 0 spiro atoms. The van der Waals surface area contributed by atoms with E-state index in [1.165, 1.54) is 24.8 Å². The summed E-state index contributed by atoms with van der Waals surface area (Å²) in [7, 11) is 0. The Morgan fingerprint density at radius 2 is 1.76 bits per heavy atom. The summed E-state index contributed by atoms with van der Waals surface area (Å²) in [5.41, 5.74) is 1.43. The van der Waals surface area contributed by atoms with Crippen LogP contribution in [0.2, 0.25) is 0 Å². The fourth-order valence-electron chi connectivity index (χ4n) is 2.75. The third-order valence-electron chi connectivity index (χ3n) is 3.39. The molecular weight excluding hydrogens is 212 g/mol. The minimum Gasteiger partial charge on any atom is -0.393 e. The van der Waals surface area contributed by atoms with Crippen LogP contribution in [-0.2, 0) is 4.79 Å². The third-order valence-corrected chi connectivity index (χ3v) is 3.39. The van der Waals surface area contributed by atoms with E-state index in [1.54, 1.807) is 6.08 Å². The summed E-state index contributed by atoms with van der Waals surface area (Å²) in [5.74, 6) is 0.286. The smallest absolute Gasteiger partial charge is 0.156 e. The van der Waals surface area contributed by atoms with Crippen molar-refractivity contribution in [3.63, 3.8) is 0 Å². The molecule has 2 nitrogen and oxygen atoms in total. The van der Waals surface area contributed by atoms with E-state index in [4.69, 9.17) is 5.11 Å². The van der Waals surface area contributed by atoms with Gasteiger partial charge in [-0.15, -0.1) is 0 Å². The lowest BCUT2D eigenvalue weighted by molar-refractivity contribution is -0.117. The lowest BCUT2D eigenvalue weighted by Crippen LogP contribution is -2.20. The number of aliphatic hydroxyl groups is 1. The van der Waals surface area contributed by atoms with E-state index in [1.807, 2.05) is 6.92 Å². The predicted octanol–water partition coefficient (Wildman–Crippen LogP) is 3.63. The van der Waals surface area contributed by atoms with Crippen LogP contribution >= 0.6 is 0 Å². The summed E-state index contributed by atoms with van der Waals surface area (Å²) in [6.45, 7) is 6.31. The fraction of sp³-hybridized carbons (Fsp3) is 0.800. The van der Waals surface area contributed by atoms with Gasteiger partial charge in [0.15, 0.2) is 5.78 Å². The minimum atomic E-state index is 0.0359. The van der Waals surface area contributed by atoms with Gasteiger partial charge in [0.25, 0.3) is 0 Å². The number of carbonyl (C=O) groups is 1. The van der Waals surface area contributed by atoms with Gasteiger partial charge in [-0.05, 0) is 37.7 Å². The van der Waals surface area contributed by atoms with Crippen LogP contribution in [0.15, 0.2) is 11.6 Å². The Hall–Kier alpha value is -0.630. The Bertz CT molecular complexity index is 283. The maximum atomic E-state index is 11.0. The highest BCUT2D eigenvalue weighted by Gasteiger charge is 2.25. The molecule has 0 saturated heterocycles. The first-order valence-electron chi connectivity index (χ1n) is 6.77. The van der Waals surface area contributed by atoms with Crippen LogP contribution in [0.1, 0.15) is 65.7 Å². The van der Waals surface area contributed by atoms with Crippen LogP contribution in [0.4, 0.5) is 0 Å². The zero-order valence-corrected chi connectivity index (χ0v) is 11.5. The summed E-state index contributed by atoms with van der Waals surface area (Å²) in [5, 5.41) is 8.91. The summed E-state index contributed by atoms with van der Waals surface area (Å²) in [6, 6.07) is 0. The number of allylic oxidation sites excluding steroid dienone is 2. The van der Waals surface area contributed by atoms with Crippen molar-refractivity contribution in [1.82, 2.24) is 0 Å². The van der Waals surface area contributed by atoms with Crippen molar-refractivity contribution in [2.45, 2.75) is 71.8 Å². The quantitative estimate of drug-likeness (QED) is 0.699. The molecular formula is C15H26O2. The lowest BCUT2D eigenvalue weighted by Gasteiger charge is -2.27. The first kappa shape index (κ1) is 14.4. The van der Waals surface area contributed by atoms with Gasteiger partial charge in [0.05, 0.1) is 6.10 Å². The third kappa shape index (κ3) is 6.02. The number of rotatable bonds is 0. The molecule has 0 atom stereocenters. The Kier molecular flexibility index (Phi) is 5.38. The molecule has 1 N–H and O–H groups in total. The van der Waals surface area contributed by atoms with Crippen molar-refractivity contribution in [1.29, 1.82) is 0 Å². The van der Waals surface area contributed by atoms with Crippen molar-refractivity contribution in [3.8, 4) is 0 Å². The zero-order valence-electron chi connectivity index (χ0n) is 11.5. The monoisotopic (exact) mass is 238 g/mol. The first-order valence-corrected chi connectivity index (χ1v) is 6.77. The maximum Gasteiger partial charge on any atom is 0.156 e. The highest BCUT2D eigenvalue weighted by Crippen LogP contribution is 2.32. The average Bonchev–Trinajstić information content (AvgIpc) is 2.15. The second-order valence-corrected chi connectivity index (χ2v) is 6.27. The Labute approximate surface area is 105 Å². The van der Waals surface area contributed by atoms with Gasteiger partial charge in [0, 0.05) is 6.42 Å². The summed E-state index contributed by atoms with van der Waals surface area (Å²) >= 11 is 0. The molecule has 0 radical (unpaired) electrons. The van der Waals surface area contributed by atoms with Gasteiger partial charge in [0.2, 0.25) is 0 Å². The molecule has 2 aliphatic rings. The molecule has 98 valence electrons. The average molecular weight is 238 g/mol. The molecule has 0 aromatic heterocycles. The molecule has 0 amide bonds. The molecule has 0 heterocycles. The van der Waals surface area contributed by atoms with E-state index in [9.17, 15) is 4.79 Å². The van der Waals surface area contributed by atoms with Crippen molar-refractivity contribution < 1.29 is 9.90 Å². The molecule has 0 aliphatic heterocycles. The van der Waals surface area contributed by atoms with Crippen LogP contribution in [0, 0.1) is 5.41 Å². The van der Waals surface area contributed by atoms with Crippen molar-refractivity contribution in [2.24, 2.45) is 5.41 Å². The van der Waals surface area contributed by atoms with E-state index in [2.05, 4.69) is 13.8 Å².